The number of benzene rings is 1. The van der Waals surface area contributed by atoms with Crippen LogP contribution in [0.25, 0.3) is 5.69 Å². The maximum atomic E-state index is 4.17. The van der Waals surface area contributed by atoms with Crippen molar-refractivity contribution in [3.05, 3.63) is 36.9 Å². The van der Waals surface area contributed by atoms with E-state index < -0.39 is 0 Å². The maximum Gasteiger partial charge on any atom is 0.138 e. The van der Waals surface area contributed by atoms with Crippen LogP contribution in [0.1, 0.15) is 6.42 Å². The smallest absolute Gasteiger partial charge is 0.138 e. The minimum absolute atomic E-state index is 0.500. The first-order chi connectivity index (χ1) is 8.43. The number of hydrogen-bond acceptors (Lipinski definition) is 4. The summed E-state index contributed by atoms with van der Waals surface area (Å²) in [6.07, 6.45) is 4.42. The molecule has 1 unspecified atom stereocenters. The second-order valence-corrected chi connectivity index (χ2v) is 4.19. The Hall–Kier alpha value is -1.88. The highest BCUT2D eigenvalue weighted by Gasteiger charge is 2.15. The summed E-state index contributed by atoms with van der Waals surface area (Å²) in [6, 6.07) is 8.66. The average molecular weight is 229 g/mol. The van der Waals surface area contributed by atoms with Crippen LogP contribution in [0.4, 0.5) is 5.69 Å². The van der Waals surface area contributed by atoms with Crippen molar-refractivity contribution in [2.24, 2.45) is 0 Å². The average Bonchev–Trinajstić information content (AvgIpc) is 3.01. The predicted octanol–water partition coefficient (Wildman–Crippen LogP) is 1.04. The molecule has 5 nitrogen and oxygen atoms in total. The third-order valence-corrected chi connectivity index (χ3v) is 2.99. The highest BCUT2D eigenvalue weighted by atomic mass is 15.3. The fourth-order valence-corrected chi connectivity index (χ4v) is 2.13. The first-order valence-electron chi connectivity index (χ1n) is 5.85. The van der Waals surface area contributed by atoms with Crippen LogP contribution in [0.15, 0.2) is 36.9 Å². The van der Waals surface area contributed by atoms with Gasteiger partial charge in [0.2, 0.25) is 0 Å². The highest BCUT2D eigenvalue weighted by molar-refractivity contribution is 5.61. The first kappa shape index (κ1) is 10.3. The van der Waals surface area contributed by atoms with Gasteiger partial charge in [-0.25, -0.2) is 9.67 Å². The van der Waals surface area contributed by atoms with Gasteiger partial charge in [0.25, 0.3) is 0 Å². The van der Waals surface area contributed by atoms with Gasteiger partial charge >= 0.3 is 0 Å². The molecule has 2 heterocycles. The molecule has 0 aliphatic carbocycles. The second-order valence-electron chi connectivity index (χ2n) is 4.19. The fourth-order valence-electron chi connectivity index (χ4n) is 2.13. The molecule has 2 N–H and O–H groups in total. The van der Waals surface area contributed by atoms with E-state index >= 15 is 0 Å². The summed E-state index contributed by atoms with van der Waals surface area (Å²) >= 11 is 0. The van der Waals surface area contributed by atoms with Gasteiger partial charge in [-0.2, -0.15) is 5.10 Å². The van der Waals surface area contributed by atoms with Crippen LogP contribution in [0, 0.1) is 0 Å². The van der Waals surface area contributed by atoms with Gasteiger partial charge in [0.15, 0.2) is 0 Å². The molecule has 1 aromatic heterocycles. The molecule has 0 spiro atoms. The molecule has 1 aromatic carbocycles. The number of para-hydroxylation sites is 2. The summed E-state index contributed by atoms with van der Waals surface area (Å²) in [5, 5.41) is 11.1. The zero-order valence-electron chi connectivity index (χ0n) is 9.50. The van der Waals surface area contributed by atoms with Crippen LogP contribution in [0.2, 0.25) is 0 Å². The molecule has 0 bridgehead atoms. The quantitative estimate of drug-likeness (QED) is 0.825. The lowest BCUT2D eigenvalue weighted by Gasteiger charge is -2.16. The van der Waals surface area contributed by atoms with Gasteiger partial charge in [-0.15, -0.1) is 0 Å². The normalized spacial score (nSPS) is 19.4. The minimum Gasteiger partial charge on any atom is -0.379 e. The van der Waals surface area contributed by atoms with Crippen LogP contribution in [0.3, 0.4) is 0 Å². The van der Waals surface area contributed by atoms with Gasteiger partial charge in [0.1, 0.15) is 12.7 Å². The standard InChI is InChI=1S/C12H15N5/c1-2-4-12(17-9-14-8-15-17)11(3-1)16-10-5-6-13-7-10/h1-4,8-10,13,16H,5-7H2. The van der Waals surface area contributed by atoms with Crippen molar-refractivity contribution in [2.75, 3.05) is 18.4 Å². The summed E-state index contributed by atoms with van der Waals surface area (Å²) < 4.78 is 1.78. The minimum atomic E-state index is 0.500. The van der Waals surface area contributed by atoms with E-state index in [1.54, 1.807) is 17.3 Å². The number of aromatic nitrogens is 3. The van der Waals surface area contributed by atoms with Gasteiger partial charge in [-0.1, -0.05) is 12.1 Å². The van der Waals surface area contributed by atoms with Gasteiger partial charge in [-0.3, -0.25) is 0 Å². The number of anilines is 1. The SMILES string of the molecule is c1ccc(-n2cncn2)c(NC2CCNC2)c1. The molecule has 3 rings (SSSR count). The number of hydrogen-bond donors (Lipinski definition) is 2. The number of nitrogens with zero attached hydrogens (tertiary/aromatic N) is 3. The molecule has 2 aromatic rings. The zero-order chi connectivity index (χ0) is 11.5. The summed E-state index contributed by atoms with van der Waals surface area (Å²) in [6.45, 7) is 2.11. The van der Waals surface area contributed by atoms with E-state index in [9.17, 15) is 0 Å². The number of rotatable bonds is 3. The van der Waals surface area contributed by atoms with Crippen molar-refractivity contribution >= 4 is 5.69 Å². The van der Waals surface area contributed by atoms with Gasteiger partial charge in [0, 0.05) is 12.6 Å². The Morgan fingerprint density at radius 2 is 2.29 bits per heavy atom. The van der Waals surface area contributed by atoms with Crippen molar-refractivity contribution in [1.82, 2.24) is 20.1 Å². The molecule has 1 aliphatic rings. The second kappa shape index (κ2) is 4.55. The van der Waals surface area contributed by atoms with Gasteiger partial charge in [-0.05, 0) is 25.1 Å². The molecule has 5 heteroatoms. The molecule has 0 amide bonds. The zero-order valence-corrected chi connectivity index (χ0v) is 9.50. The molecule has 1 aliphatic heterocycles. The molecule has 0 saturated carbocycles. The monoisotopic (exact) mass is 229 g/mol. The Kier molecular flexibility index (Phi) is 2.75. The lowest BCUT2D eigenvalue weighted by Crippen LogP contribution is -2.22. The van der Waals surface area contributed by atoms with Crippen LogP contribution < -0.4 is 10.6 Å². The Labute approximate surface area is 99.9 Å². The summed E-state index contributed by atoms with van der Waals surface area (Å²) in [4.78, 5) is 3.98. The van der Waals surface area contributed by atoms with E-state index in [1.807, 2.05) is 18.2 Å². The summed E-state index contributed by atoms with van der Waals surface area (Å²) in [7, 11) is 0. The molecule has 0 radical (unpaired) electrons. The fraction of sp³-hybridized carbons (Fsp3) is 0.333. The Morgan fingerprint density at radius 1 is 1.35 bits per heavy atom. The topological polar surface area (TPSA) is 54.8 Å². The van der Waals surface area contributed by atoms with Gasteiger partial charge < -0.3 is 10.6 Å². The van der Waals surface area contributed by atoms with Crippen LogP contribution in [0.5, 0.6) is 0 Å². The highest BCUT2D eigenvalue weighted by Crippen LogP contribution is 2.20. The molecular formula is C12H15N5. The van der Waals surface area contributed by atoms with Gasteiger partial charge in [0.05, 0.1) is 11.4 Å². The number of nitrogens with one attached hydrogen (secondary N) is 2. The molecule has 1 saturated heterocycles. The van der Waals surface area contributed by atoms with Crippen molar-refractivity contribution in [3.63, 3.8) is 0 Å². The Morgan fingerprint density at radius 3 is 3.06 bits per heavy atom. The van der Waals surface area contributed by atoms with Crippen LogP contribution in [-0.4, -0.2) is 33.9 Å². The van der Waals surface area contributed by atoms with E-state index in [4.69, 9.17) is 0 Å². The van der Waals surface area contributed by atoms with Crippen molar-refractivity contribution in [1.29, 1.82) is 0 Å². The van der Waals surface area contributed by atoms with E-state index in [0.29, 0.717) is 6.04 Å². The van der Waals surface area contributed by atoms with Crippen molar-refractivity contribution in [3.8, 4) is 5.69 Å². The van der Waals surface area contributed by atoms with E-state index in [0.717, 1.165) is 30.9 Å². The molecule has 1 atom stereocenters. The molecule has 17 heavy (non-hydrogen) atoms. The van der Waals surface area contributed by atoms with E-state index in [2.05, 4.69) is 26.8 Å². The van der Waals surface area contributed by atoms with E-state index in [-0.39, 0.29) is 0 Å². The Balaban J connectivity index is 1.88. The predicted molar refractivity (Wildman–Crippen MR) is 66.3 cm³/mol. The van der Waals surface area contributed by atoms with Crippen molar-refractivity contribution in [2.45, 2.75) is 12.5 Å². The largest absolute Gasteiger partial charge is 0.379 e. The molecule has 1 fully saturated rings. The molecule has 88 valence electrons. The first-order valence-corrected chi connectivity index (χ1v) is 5.85. The summed E-state index contributed by atoms with van der Waals surface area (Å²) in [5.41, 5.74) is 2.14. The van der Waals surface area contributed by atoms with E-state index in [1.165, 1.54) is 0 Å². The lowest BCUT2D eigenvalue weighted by molar-refractivity contribution is 0.787. The van der Waals surface area contributed by atoms with Crippen molar-refractivity contribution < 1.29 is 0 Å². The Bertz CT molecular complexity index is 473. The lowest BCUT2D eigenvalue weighted by atomic mass is 10.2. The third kappa shape index (κ3) is 2.14. The summed E-state index contributed by atoms with van der Waals surface area (Å²) in [5.74, 6) is 0. The maximum absolute atomic E-state index is 4.17. The van der Waals surface area contributed by atoms with Crippen LogP contribution >= 0.6 is 0 Å². The molecular weight excluding hydrogens is 214 g/mol. The third-order valence-electron chi connectivity index (χ3n) is 2.99. The van der Waals surface area contributed by atoms with Crippen LogP contribution in [-0.2, 0) is 0 Å².